The van der Waals surface area contributed by atoms with Crippen LogP contribution < -0.4 is 15.0 Å². The first kappa shape index (κ1) is 23.2. The highest BCUT2D eigenvalue weighted by Crippen LogP contribution is 2.34. The molecule has 0 saturated heterocycles. The van der Waals surface area contributed by atoms with E-state index in [-0.39, 0.29) is 11.1 Å². The molecule has 1 fully saturated rings. The molecule has 35 heavy (non-hydrogen) atoms. The quantitative estimate of drug-likeness (QED) is 0.296. The smallest absolute Gasteiger partial charge is 0.416 e. The minimum atomic E-state index is -4.46. The van der Waals surface area contributed by atoms with E-state index >= 15 is 0 Å². The topological polar surface area (TPSA) is 52.8 Å². The van der Waals surface area contributed by atoms with Gasteiger partial charge >= 0.3 is 6.18 Å². The Morgan fingerprint density at radius 1 is 1.11 bits per heavy atom. The Hall–Kier alpha value is -3.59. The van der Waals surface area contributed by atoms with E-state index in [1.165, 1.54) is 40.7 Å². The van der Waals surface area contributed by atoms with Gasteiger partial charge in [0.2, 0.25) is 0 Å². The zero-order valence-electron chi connectivity index (χ0n) is 18.7. The number of hydrogen-bond donors (Lipinski definition) is 0. The summed E-state index contributed by atoms with van der Waals surface area (Å²) < 4.78 is 51.8. The molecule has 1 aliphatic rings. The SMILES string of the molecule is COc1ccc(/C=C/c2nc3sccn3c(=O)c2-c2ccc(C(F)(F)F)cc2)cc1OCC1CC1. The highest BCUT2D eigenvalue weighted by molar-refractivity contribution is 7.15. The van der Waals surface area contributed by atoms with Gasteiger partial charge in [0, 0.05) is 11.6 Å². The van der Waals surface area contributed by atoms with Crippen LogP contribution in [-0.2, 0) is 6.18 Å². The maximum Gasteiger partial charge on any atom is 0.416 e. The monoisotopic (exact) mass is 498 g/mol. The van der Waals surface area contributed by atoms with Gasteiger partial charge in [0.1, 0.15) is 0 Å². The van der Waals surface area contributed by atoms with Crippen LogP contribution in [0.4, 0.5) is 13.2 Å². The average molecular weight is 499 g/mol. The largest absolute Gasteiger partial charge is 0.493 e. The second kappa shape index (κ2) is 9.22. The van der Waals surface area contributed by atoms with Crippen molar-refractivity contribution in [3.05, 3.63) is 81.2 Å². The lowest BCUT2D eigenvalue weighted by atomic mass is 10.0. The first-order chi connectivity index (χ1) is 16.8. The van der Waals surface area contributed by atoms with Crippen molar-refractivity contribution in [3.63, 3.8) is 0 Å². The van der Waals surface area contributed by atoms with Crippen molar-refractivity contribution in [1.29, 1.82) is 0 Å². The Balaban J connectivity index is 1.54. The molecule has 0 aliphatic heterocycles. The number of methoxy groups -OCH3 is 1. The lowest BCUT2D eigenvalue weighted by Gasteiger charge is -2.11. The fraction of sp³-hybridized carbons (Fsp3) is 0.231. The highest BCUT2D eigenvalue weighted by atomic mass is 32.1. The molecular formula is C26H21F3N2O3S. The molecule has 5 nitrogen and oxygen atoms in total. The highest BCUT2D eigenvalue weighted by Gasteiger charge is 2.30. The predicted octanol–water partition coefficient (Wildman–Crippen LogP) is 6.41. The van der Waals surface area contributed by atoms with E-state index in [9.17, 15) is 18.0 Å². The van der Waals surface area contributed by atoms with Crippen molar-refractivity contribution in [2.24, 2.45) is 5.92 Å². The van der Waals surface area contributed by atoms with E-state index in [0.717, 1.165) is 17.7 Å². The molecule has 0 N–H and O–H groups in total. The van der Waals surface area contributed by atoms with Crippen molar-refractivity contribution in [2.75, 3.05) is 13.7 Å². The summed E-state index contributed by atoms with van der Waals surface area (Å²) in [5, 5.41) is 1.74. The molecule has 1 saturated carbocycles. The summed E-state index contributed by atoms with van der Waals surface area (Å²) in [7, 11) is 1.58. The third kappa shape index (κ3) is 4.95. The lowest BCUT2D eigenvalue weighted by molar-refractivity contribution is -0.137. The van der Waals surface area contributed by atoms with Crippen molar-refractivity contribution in [2.45, 2.75) is 19.0 Å². The van der Waals surface area contributed by atoms with Gasteiger partial charge in [-0.15, -0.1) is 11.3 Å². The van der Waals surface area contributed by atoms with E-state index in [0.29, 0.717) is 40.2 Å². The Kier molecular flexibility index (Phi) is 6.10. The van der Waals surface area contributed by atoms with Gasteiger partial charge in [-0.3, -0.25) is 9.20 Å². The van der Waals surface area contributed by atoms with E-state index < -0.39 is 11.7 Å². The second-order valence-corrected chi connectivity index (χ2v) is 9.18. The van der Waals surface area contributed by atoms with Gasteiger partial charge in [0.15, 0.2) is 16.5 Å². The van der Waals surface area contributed by atoms with Crippen molar-refractivity contribution in [1.82, 2.24) is 9.38 Å². The first-order valence-corrected chi connectivity index (χ1v) is 11.9. The number of alkyl halides is 3. The number of nitrogens with zero attached hydrogens (tertiary/aromatic N) is 2. The van der Waals surface area contributed by atoms with Crippen LogP contribution in [0.15, 0.2) is 58.8 Å². The molecule has 0 atom stereocenters. The molecule has 180 valence electrons. The minimum absolute atomic E-state index is 0.226. The molecule has 4 aromatic rings. The predicted molar refractivity (Wildman–Crippen MR) is 130 cm³/mol. The van der Waals surface area contributed by atoms with Gasteiger partial charge in [-0.25, -0.2) is 4.98 Å². The zero-order valence-corrected chi connectivity index (χ0v) is 19.5. The van der Waals surface area contributed by atoms with E-state index in [1.807, 2.05) is 18.2 Å². The second-order valence-electron chi connectivity index (χ2n) is 8.31. The van der Waals surface area contributed by atoms with Crippen molar-refractivity contribution in [3.8, 4) is 22.6 Å². The first-order valence-electron chi connectivity index (χ1n) is 11.0. The van der Waals surface area contributed by atoms with Gasteiger partial charge < -0.3 is 9.47 Å². The number of ether oxygens (including phenoxy) is 2. The lowest BCUT2D eigenvalue weighted by Crippen LogP contribution is -2.17. The number of fused-ring (bicyclic) bond motifs is 1. The number of benzene rings is 2. The summed E-state index contributed by atoms with van der Waals surface area (Å²) in [6, 6.07) is 10.1. The Morgan fingerprint density at radius 2 is 1.89 bits per heavy atom. The van der Waals surface area contributed by atoms with Gasteiger partial charge in [-0.05, 0) is 60.2 Å². The third-order valence-corrected chi connectivity index (χ3v) is 6.54. The Morgan fingerprint density at radius 3 is 2.57 bits per heavy atom. The molecule has 0 radical (unpaired) electrons. The molecule has 1 aliphatic carbocycles. The van der Waals surface area contributed by atoms with E-state index in [1.54, 1.807) is 30.8 Å². The molecule has 0 spiro atoms. The standard InChI is InChI=1S/C26H21F3N2O3S/c1-33-21-11-5-16(14-22(21)34-15-17-2-3-17)4-10-20-23(24(32)31-12-13-35-25(31)30-20)18-6-8-19(9-7-18)26(27,28)29/h4-14,17H,2-3,15H2,1H3/b10-4+. The fourth-order valence-electron chi connectivity index (χ4n) is 3.69. The van der Waals surface area contributed by atoms with Crippen LogP contribution >= 0.6 is 11.3 Å². The Bertz CT molecular complexity index is 1450. The fourth-order valence-corrected chi connectivity index (χ4v) is 4.40. The molecule has 9 heteroatoms. The Labute approximate surface area is 203 Å². The van der Waals surface area contributed by atoms with Crippen molar-refractivity contribution >= 4 is 28.4 Å². The van der Waals surface area contributed by atoms with Gasteiger partial charge in [0.05, 0.1) is 30.5 Å². The molecule has 5 rings (SSSR count). The maximum absolute atomic E-state index is 13.2. The van der Waals surface area contributed by atoms with Gasteiger partial charge in [0.25, 0.3) is 5.56 Å². The van der Waals surface area contributed by atoms with Gasteiger partial charge in [-0.2, -0.15) is 13.2 Å². The van der Waals surface area contributed by atoms with Crippen LogP contribution in [0.1, 0.15) is 29.7 Å². The molecule has 0 bridgehead atoms. The average Bonchev–Trinajstić information content (AvgIpc) is 3.55. The molecule has 0 amide bonds. The van der Waals surface area contributed by atoms with Crippen LogP contribution in [0.3, 0.4) is 0 Å². The van der Waals surface area contributed by atoms with Crippen LogP contribution in [0.5, 0.6) is 11.5 Å². The number of halogens is 3. The van der Waals surface area contributed by atoms with Crippen LogP contribution in [0.2, 0.25) is 0 Å². The number of hydrogen-bond acceptors (Lipinski definition) is 5. The summed E-state index contributed by atoms with van der Waals surface area (Å²) in [4.78, 5) is 18.3. The van der Waals surface area contributed by atoms with E-state index in [4.69, 9.17) is 9.47 Å². The summed E-state index contributed by atoms with van der Waals surface area (Å²) in [6.07, 6.45) is 2.97. The summed E-state index contributed by atoms with van der Waals surface area (Å²) in [5.74, 6) is 1.84. The van der Waals surface area contributed by atoms with Crippen molar-refractivity contribution < 1.29 is 22.6 Å². The number of rotatable bonds is 7. The molecule has 0 unspecified atom stereocenters. The van der Waals surface area contributed by atoms with Crippen LogP contribution in [0, 0.1) is 5.92 Å². The molecule has 2 heterocycles. The summed E-state index contributed by atoms with van der Waals surface area (Å²) in [6.45, 7) is 0.634. The van der Waals surface area contributed by atoms with E-state index in [2.05, 4.69) is 4.98 Å². The zero-order chi connectivity index (χ0) is 24.6. The van der Waals surface area contributed by atoms with Crippen LogP contribution in [0.25, 0.3) is 28.2 Å². The third-order valence-electron chi connectivity index (χ3n) is 5.79. The molecule has 2 aromatic carbocycles. The molecule has 2 aromatic heterocycles. The number of aromatic nitrogens is 2. The number of thiazole rings is 1. The normalized spacial score (nSPS) is 14.1. The van der Waals surface area contributed by atoms with Gasteiger partial charge in [-0.1, -0.05) is 24.3 Å². The molecular weight excluding hydrogens is 477 g/mol. The minimum Gasteiger partial charge on any atom is -0.493 e. The van der Waals surface area contributed by atoms with Crippen LogP contribution in [-0.4, -0.2) is 23.1 Å². The summed E-state index contributed by atoms with van der Waals surface area (Å²) in [5.41, 5.74) is 0.638. The summed E-state index contributed by atoms with van der Waals surface area (Å²) >= 11 is 1.30. The maximum atomic E-state index is 13.2.